The molecule has 3 heteroatoms. The van der Waals surface area contributed by atoms with Gasteiger partial charge in [0.15, 0.2) is 5.43 Å². The quantitative estimate of drug-likeness (QED) is 0.912. The Labute approximate surface area is 120 Å². The number of rotatable bonds is 2. The van der Waals surface area contributed by atoms with Crippen LogP contribution in [0.3, 0.4) is 0 Å². The number of nitrogens with two attached hydrogens (primary N) is 1. The highest BCUT2D eigenvalue weighted by atomic mass is 16.1. The molecule has 0 aliphatic carbocycles. The highest BCUT2D eigenvalue weighted by molar-refractivity contribution is 5.48. The first kappa shape index (κ1) is 14.5. The molecule has 20 heavy (non-hydrogen) atoms. The molecule has 0 saturated carbocycles. The van der Waals surface area contributed by atoms with E-state index in [0.29, 0.717) is 5.56 Å². The lowest BCUT2D eigenvalue weighted by Crippen LogP contribution is -2.35. The molecule has 1 heterocycles. The fraction of sp³-hybridized carbons (Fsp3) is 0.353. The van der Waals surface area contributed by atoms with Crippen LogP contribution in [0.1, 0.15) is 36.2 Å². The molecular formula is C17H22N2O. The second-order valence-electron chi connectivity index (χ2n) is 6.02. The SMILES string of the molecule is Cc1cccc(C)c1-n1cc(C(C)(C)N)c(=O)cc1C. The van der Waals surface area contributed by atoms with Gasteiger partial charge in [-0.25, -0.2) is 0 Å². The molecular weight excluding hydrogens is 248 g/mol. The van der Waals surface area contributed by atoms with Crippen LogP contribution >= 0.6 is 0 Å². The monoisotopic (exact) mass is 270 g/mol. The summed E-state index contributed by atoms with van der Waals surface area (Å²) in [5.41, 5.74) is 10.5. The lowest BCUT2D eigenvalue weighted by molar-refractivity contribution is 0.544. The molecule has 0 aliphatic heterocycles. The zero-order valence-corrected chi connectivity index (χ0v) is 12.8. The third-order valence-electron chi connectivity index (χ3n) is 3.62. The van der Waals surface area contributed by atoms with Crippen LogP contribution in [0.5, 0.6) is 0 Å². The number of pyridine rings is 1. The second-order valence-corrected chi connectivity index (χ2v) is 6.02. The van der Waals surface area contributed by atoms with Gasteiger partial charge >= 0.3 is 0 Å². The predicted octanol–water partition coefficient (Wildman–Crippen LogP) is 2.96. The van der Waals surface area contributed by atoms with Gasteiger partial charge in [0.25, 0.3) is 0 Å². The van der Waals surface area contributed by atoms with Gasteiger partial charge in [-0.15, -0.1) is 0 Å². The minimum Gasteiger partial charge on any atom is -0.322 e. The average Bonchev–Trinajstić information content (AvgIpc) is 2.29. The topological polar surface area (TPSA) is 48.0 Å². The number of benzene rings is 1. The van der Waals surface area contributed by atoms with Crippen molar-refractivity contribution in [3.05, 3.63) is 63.1 Å². The molecule has 106 valence electrons. The van der Waals surface area contributed by atoms with Gasteiger partial charge in [0, 0.05) is 29.1 Å². The van der Waals surface area contributed by atoms with E-state index >= 15 is 0 Å². The van der Waals surface area contributed by atoms with Gasteiger partial charge in [0.2, 0.25) is 0 Å². The van der Waals surface area contributed by atoms with Crippen molar-refractivity contribution < 1.29 is 0 Å². The van der Waals surface area contributed by atoms with E-state index in [9.17, 15) is 4.79 Å². The maximum absolute atomic E-state index is 12.1. The fourth-order valence-electron chi connectivity index (χ4n) is 2.54. The van der Waals surface area contributed by atoms with E-state index in [1.165, 1.54) is 11.1 Å². The number of hydrogen-bond acceptors (Lipinski definition) is 2. The number of hydrogen-bond donors (Lipinski definition) is 1. The fourth-order valence-corrected chi connectivity index (χ4v) is 2.54. The molecule has 0 amide bonds. The summed E-state index contributed by atoms with van der Waals surface area (Å²) in [5, 5.41) is 0. The highest BCUT2D eigenvalue weighted by Gasteiger charge is 2.20. The van der Waals surface area contributed by atoms with Crippen molar-refractivity contribution in [3.63, 3.8) is 0 Å². The lowest BCUT2D eigenvalue weighted by Gasteiger charge is -2.23. The standard InChI is InChI=1S/C17H22N2O/c1-11-7-6-8-12(2)16(11)19-10-14(17(4,5)18)15(20)9-13(19)3/h6-10H,18H2,1-5H3. The first-order valence-corrected chi connectivity index (χ1v) is 6.81. The van der Waals surface area contributed by atoms with Crippen molar-refractivity contribution in [3.8, 4) is 5.69 Å². The molecule has 1 aromatic carbocycles. The second kappa shape index (κ2) is 4.91. The zero-order chi connectivity index (χ0) is 15.1. The Kier molecular flexibility index (Phi) is 3.57. The molecule has 0 radical (unpaired) electrons. The van der Waals surface area contributed by atoms with E-state index < -0.39 is 5.54 Å². The van der Waals surface area contributed by atoms with Crippen LogP contribution in [-0.4, -0.2) is 4.57 Å². The van der Waals surface area contributed by atoms with Crippen molar-refractivity contribution in [2.75, 3.05) is 0 Å². The summed E-state index contributed by atoms with van der Waals surface area (Å²) in [7, 11) is 0. The minimum absolute atomic E-state index is 0.00233. The molecule has 0 atom stereocenters. The van der Waals surface area contributed by atoms with Crippen LogP contribution in [0.2, 0.25) is 0 Å². The molecule has 0 unspecified atom stereocenters. The summed E-state index contributed by atoms with van der Waals surface area (Å²) in [6, 6.07) is 7.86. The lowest BCUT2D eigenvalue weighted by atomic mass is 9.96. The Morgan fingerprint density at radius 1 is 1.10 bits per heavy atom. The predicted molar refractivity (Wildman–Crippen MR) is 83.5 cm³/mol. The Hall–Kier alpha value is -1.87. The van der Waals surface area contributed by atoms with Crippen molar-refractivity contribution in [1.29, 1.82) is 0 Å². The summed E-state index contributed by atoms with van der Waals surface area (Å²) in [6.45, 7) is 9.81. The van der Waals surface area contributed by atoms with E-state index in [4.69, 9.17) is 5.73 Å². The largest absolute Gasteiger partial charge is 0.322 e. The number of aromatic nitrogens is 1. The molecule has 0 spiro atoms. The Bertz CT molecular complexity index is 686. The highest BCUT2D eigenvalue weighted by Crippen LogP contribution is 2.22. The van der Waals surface area contributed by atoms with Gasteiger partial charge in [0.05, 0.1) is 5.69 Å². The van der Waals surface area contributed by atoms with E-state index in [0.717, 1.165) is 11.4 Å². The van der Waals surface area contributed by atoms with Gasteiger partial charge in [-0.2, -0.15) is 0 Å². The van der Waals surface area contributed by atoms with E-state index in [-0.39, 0.29) is 5.43 Å². The van der Waals surface area contributed by atoms with Crippen LogP contribution in [0.4, 0.5) is 0 Å². The average molecular weight is 270 g/mol. The molecule has 0 saturated heterocycles. The molecule has 0 bridgehead atoms. The number of nitrogens with zero attached hydrogens (tertiary/aromatic N) is 1. The molecule has 2 N–H and O–H groups in total. The number of para-hydroxylation sites is 1. The van der Waals surface area contributed by atoms with Gasteiger partial charge in [0.1, 0.15) is 0 Å². The van der Waals surface area contributed by atoms with Crippen LogP contribution in [0.15, 0.2) is 35.3 Å². The maximum Gasteiger partial charge on any atom is 0.186 e. The van der Waals surface area contributed by atoms with Crippen LogP contribution < -0.4 is 11.2 Å². The Balaban J connectivity index is 2.79. The van der Waals surface area contributed by atoms with Crippen LogP contribution in [0, 0.1) is 20.8 Å². The summed E-state index contributed by atoms with van der Waals surface area (Å²) in [6.07, 6.45) is 1.88. The van der Waals surface area contributed by atoms with Gasteiger partial charge in [-0.3, -0.25) is 4.79 Å². The van der Waals surface area contributed by atoms with E-state index in [1.54, 1.807) is 6.07 Å². The zero-order valence-electron chi connectivity index (χ0n) is 12.8. The third-order valence-corrected chi connectivity index (χ3v) is 3.62. The van der Waals surface area contributed by atoms with E-state index in [1.807, 2.05) is 33.0 Å². The Morgan fingerprint density at radius 3 is 2.15 bits per heavy atom. The van der Waals surface area contributed by atoms with Gasteiger partial charge in [-0.05, 0) is 45.7 Å². The number of aryl methyl sites for hydroxylation is 3. The third kappa shape index (κ3) is 2.54. The Morgan fingerprint density at radius 2 is 1.65 bits per heavy atom. The molecule has 0 fully saturated rings. The molecule has 0 aliphatic rings. The van der Waals surface area contributed by atoms with Crippen LogP contribution in [-0.2, 0) is 5.54 Å². The normalized spacial score (nSPS) is 11.7. The molecule has 2 aromatic rings. The van der Waals surface area contributed by atoms with Crippen molar-refractivity contribution >= 4 is 0 Å². The van der Waals surface area contributed by atoms with Crippen molar-refractivity contribution in [2.45, 2.75) is 40.2 Å². The molecule has 2 rings (SSSR count). The summed E-state index contributed by atoms with van der Waals surface area (Å²) >= 11 is 0. The van der Waals surface area contributed by atoms with Crippen molar-refractivity contribution in [1.82, 2.24) is 4.57 Å². The maximum atomic E-state index is 12.1. The summed E-state index contributed by atoms with van der Waals surface area (Å²) in [4.78, 5) is 12.1. The molecule has 1 aromatic heterocycles. The summed E-state index contributed by atoms with van der Waals surface area (Å²) < 4.78 is 2.07. The summed E-state index contributed by atoms with van der Waals surface area (Å²) in [5.74, 6) is 0. The minimum atomic E-state index is -0.650. The smallest absolute Gasteiger partial charge is 0.186 e. The van der Waals surface area contributed by atoms with Gasteiger partial charge in [-0.1, -0.05) is 18.2 Å². The first-order valence-electron chi connectivity index (χ1n) is 6.81. The van der Waals surface area contributed by atoms with Gasteiger partial charge < -0.3 is 10.3 Å². The molecule has 3 nitrogen and oxygen atoms in total. The van der Waals surface area contributed by atoms with Crippen molar-refractivity contribution in [2.24, 2.45) is 5.73 Å². The van der Waals surface area contributed by atoms with Crippen LogP contribution in [0.25, 0.3) is 5.69 Å². The first-order chi connectivity index (χ1) is 9.21. The van der Waals surface area contributed by atoms with E-state index in [2.05, 4.69) is 30.5 Å².